The molecule has 1 amide bonds. The van der Waals surface area contributed by atoms with Crippen molar-refractivity contribution in [2.75, 3.05) is 12.4 Å². The molecule has 0 radical (unpaired) electrons. The molecule has 0 spiro atoms. The molecule has 0 unspecified atom stereocenters. The Labute approximate surface area is 176 Å². The number of ether oxygens (including phenoxy) is 2. The molecule has 3 aromatic rings. The molecule has 1 aromatic carbocycles. The number of anilines is 1. The van der Waals surface area contributed by atoms with Crippen molar-refractivity contribution >= 4 is 34.1 Å². The number of rotatable bonds is 9. The second kappa shape index (κ2) is 9.70. The minimum absolute atomic E-state index is 0.136. The Morgan fingerprint density at radius 1 is 1.24 bits per heavy atom. The number of nitrogens with zero attached hydrogens (tertiary/aromatic N) is 5. The summed E-state index contributed by atoms with van der Waals surface area (Å²) < 4.78 is 12.9. The molecule has 3 rings (SSSR count). The molecule has 2 heterocycles. The maximum Gasteiger partial charge on any atom is 0.239 e. The highest BCUT2D eigenvalue weighted by atomic mass is 32.2. The molecule has 9 nitrogen and oxygen atoms in total. The number of hydrogen-bond donors (Lipinski definition) is 1. The van der Waals surface area contributed by atoms with Crippen molar-refractivity contribution in [1.29, 1.82) is 0 Å². The fourth-order valence-corrected chi connectivity index (χ4v) is 3.97. The Morgan fingerprint density at radius 3 is 2.66 bits per heavy atom. The van der Waals surface area contributed by atoms with E-state index in [-0.39, 0.29) is 17.8 Å². The normalized spacial score (nSPS) is 11.9. The maximum absolute atomic E-state index is 12.6. The van der Waals surface area contributed by atoms with E-state index < -0.39 is 0 Å². The molecule has 0 saturated heterocycles. The second-order valence-electron chi connectivity index (χ2n) is 6.03. The van der Waals surface area contributed by atoms with Crippen LogP contribution in [0.25, 0.3) is 0 Å². The highest BCUT2D eigenvalue weighted by Gasteiger charge is 2.23. The number of aromatic nitrogens is 5. The molecule has 2 aromatic heterocycles. The molecule has 154 valence electrons. The summed E-state index contributed by atoms with van der Waals surface area (Å²) in [6.45, 7) is 4.02. The van der Waals surface area contributed by atoms with Gasteiger partial charge >= 0.3 is 0 Å². The molecule has 11 heteroatoms. The SMILES string of the molecule is CC[C@@H](Sc1nnc(COc2ccccc2OC)n1C)C(=O)Nc1nnc(C)s1. The molecule has 0 aliphatic rings. The molecule has 0 bridgehead atoms. The molecular weight excluding hydrogens is 412 g/mol. The third-order valence-corrected chi connectivity index (χ3v) is 6.17. The first-order valence-corrected chi connectivity index (χ1v) is 10.6. The average molecular weight is 435 g/mol. The quantitative estimate of drug-likeness (QED) is 0.513. The van der Waals surface area contributed by atoms with Crippen LogP contribution in [0.2, 0.25) is 0 Å². The van der Waals surface area contributed by atoms with Crippen molar-refractivity contribution in [3.63, 3.8) is 0 Å². The van der Waals surface area contributed by atoms with Crippen LogP contribution >= 0.6 is 23.1 Å². The van der Waals surface area contributed by atoms with Crippen LogP contribution in [0.3, 0.4) is 0 Å². The van der Waals surface area contributed by atoms with Crippen LogP contribution in [0.4, 0.5) is 5.13 Å². The predicted molar refractivity (Wildman–Crippen MR) is 112 cm³/mol. The lowest BCUT2D eigenvalue weighted by Gasteiger charge is -2.13. The van der Waals surface area contributed by atoms with Gasteiger partial charge in [-0.3, -0.25) is 10.1 Å². The summed E-state index contributed by atoms with van der Waals surface area (Å²) in [6.07, 6.45) is 0.633. The third kappa shape index (κ3) is 5.24. The maximum atomic E-state index is 12.6. The van der Waals surface area contributed by atoms with E-state index in [4.69, 9.17) is 9.47 Å². The Kier molecular flexibility index (Phi) is 7.04. The first kappa shape index (κ1) is 21.1. The van der Waals surface area contributed by atoms with E-state index >= 15 is 0 Å². The summed E-state index contributed by atoms with van der Waals surface area (Å²) in [5.41, 5.74) is 0. The van der Waals surface area contributed by atoms with Crippen LogP contribution in [0.15, 0.2) is 29.4 Å². The highest BCUT2D eigenvalue weighted by molar-refractivity contribution is 8.00. The van der Waals surface area contributed by atoms with Crippen LogP contribution in [0.1, 0.15) is 24.2 Å². The van der Waals surface area contributed by atoms with E-state index in [1.165, 1.54) is 23.1 Å². The lowest BCUT2D eigenvalue weighted by molar-refractivity contribution is -0.115. The number of nitrogens with one attached hydrogen (secondary N) is 1. The summed E-state index contributed by atoms with van der Waals surface area (Å²) >= 11 is 2.69. The summed E-state index contributed by atoms with van der Waals surface area (Å²) in [7, 11) is 3.44. The van der Waals surface area contributed by atoms with Gasteiger partial charge in [0.25, 0.3) is 0 Å². The standard InChI is InChI=1S/C18H22N6O3S2/c1-5-14(16(25)19-17-22-20-11(2)28-17)29-18-23-21-15(24(18)3)10-27-13-9-7-6-8-12(13)26-4/h6-9,14H,5,10H2,1-4H3,(H,19,22,25)/t14-/m1/s1. The van der Waals surface area contributed by atoms with E-state index in [1.807, 2.05) is 49.7 Å². The summed E-state index contributed by atoms with van der Waals surface area (Å²) in [5.74, 6) is 1.79. The number of thioether (sulfide) groups is 1. The average Bonchev–Trinajstić information content (AvgIpc) is 3.29. The lowest BCUT2D eigenvalue weighted by Crippen LogP contribution is -2.25. The predicted octanol–water partition coefficient (Wildman–Crippen LogP) is 3.07. The largest absolute Gasteiger partial charge is 0.493 e. The van der Waals surface area contributed by atoms with Crippen molar-refractivity contribution in [3.05, 3.63) is 35.1 Å². The number of carbonyl (C=O) groups excluding carboxylic acids is 1. The van der Waals surface area contributed by atoms with Gasteiger partial charge in [0.05, 0.1) is 12.4 Å². The van der Waals surface area contributed by atoms with Gasteiger partial charge in [-0.2, -0.15) is 0 Å². The van der Waals surface area contributed by atoms with E-state index in [2.05, 4.69) is 25.7 Å². The molecule has 0 aliphatic carbocycles. The molecule has 0 aliphatic heterocycles. The lowest BCUT2D eigenvalue weighted by atomic mass is 10.3. The first-order chi connectivity index (χ1) is 14.0. The molecular formula is C18H22N6O3S2. The van der Waals surface area contributed by atoms with Crippen molar-refractivity contribution in [1.82, 2.24) is 25.0 Å². The van der Waals surface area contributed by atoms with Gasteiger partial charge in [0.15, 0.2) is 22.5 Å². The number of carbonyl (C=O) groups is 1. The number of hydrogen-bond acceptors (Lipinski definition) is 9. The van der Waals surface area contributed by atoms with Crippen LogP contribution in [-0.4, -0.2) is 43.2 Å². The van der Waals surface area contributed by atoms with Crippen LogP contribution in [0, 0.1) is 6.92 Å². The zero-order chi connectivity index (χ0) is 20.8. The Balaban J connectivity index is 1.63. The van der Waals surface area contributed by atoms with Gasteiger partial charge in [-0.1, -0.05) is 42.2 Å². The van der Waals surface area contributed by atoms with Crippen molar-refractivity contribution < 1.29 is 14.3 Å². The van der Waals surface area contributed by atoms with Crippen LogP contribution < -0.4 is 14.8 Å². The Hall–Kier alpha value is -2.66. The Morgan fingerprint density at radius 2 is 2.00 bits per heavy atom. The summed E-state index contributed by atoms with van der Waals surface area (Å²) in [4.78, 5) is 12.6. The van der Waals surface area contributed by atoms with Gasteiger partial charge in [0.2, 0.25) is 11.0 Å². The number of benzene rings is 1. The van der Waals surface area contributed by atoms with Gasteiger partial charge in [-0.15, -0.1) is 20.4 Å². The summed E-state index contributed by atoms with van der Waals surface area (Å²) in [5, 5.41) is 20.7. The summed E-state index contributed by atoms with van der Waals surface area (Å²) in [6, 6.07) is 7.41. The topological polar surface area (TPSA) is 104 Å². The fourth-order valence-electron chi connectivity index (χ4n) is 2.44. The molecule has 1 atom stereocenters. The monoisotopic (exact) mass is 434 g/mol. The molecule has 1 N–H and O–H groups in total. The van der Waals surface area contributed by atoms with Crippen molar-refractivity contribution in [2.24, 2.45) is 7.05 Å². The highest BCUT2D eigenvalue weighted by Crippen LogP contribution is 2.28. The fraction of sp³-hybridized carbons (Fsp3) is 0.389. The minimum atomic E-state index is -0.329. The third-order valence-electron chi connectivity index (χ3n) is 4.02. The molecule has 0 fully saturated rings. The first-order valence-electron chi connectivity index (χ1n) is 8.93. The van der Waals surface area contributed by atoms with Gasteiger partial charge in [0.1, 0.15) is 11.6 Å². The van der Waals surface area contributed by atoms with Crippen LogP contribution in [0.5, 0.6) is 11.5 Å². The van der Waals surface area contributed by atoms with Crippen molar-refractivity contribution in [2.45, 2.75) is 37.3 Å². The van der Waals surface area contributed by atoms with Crippen molar-refractivity contribution in [3.8, 4) is 11.5 Å². The molecule has 0 saturated carbocycles. The number of amides is 1. The van der Waals surface area contributed by atoms with E-state index in [0.29, 0.717) is 34.0 Å². The zero-order valence-electron chi connectivity index (χ0n) is 16.6. The number of aryl methyl sites for hydroxylation is 1. The Bertz CT molecular complexity index is 974. The van der Waals surface area contributed by atoms with Gasteiger partial charge in [0, 0.05) is 7.05 Å². The van der Waals surface area contributed by atoms with Gasteiger partial charge in [-0.25, -0.2) is 0 Å². The molecule has 29 heavy (non-hydrogen) atoms. The van der Waals surface area contributed by atoms with Gasteiger partial charge < -0.3 is 14.0 Å². The smallest absolute Gasteiger partial charge is 0.239 e. The van der Waals surface area contributed by atoms with Crippen LogP contribution in [-0.2, 0) is 18.4 Å². The number of methoxy groups -OCH3 is 1. The van der Waals surface area contributed by atoms with E-state index in [1.54, 1.807) is 7.11 Å². The van der Waals surface area contributed by atoms with E-state index in [0.717, 1.165) is 5.01 Å². The number of para-hydroxylation sites is 2. The van der Waals surface area contributed by atoms with Gasteiger partial charge in [-0.05, 0) is 25.5 Å². The zero-order valence-corrected chi connectivity index (χ0v) is 18.2. The second-order valence-corrected chi connectivity index (χ2v) is 8.38. The minimum Gasteiger partial charge on any atom is -0.493 e. The van der Waals surface area contributed by atoms with E-state index in [9.17, 15) is 4.79 Å².